The van der Waals surface area contributed by atoms with E-state index in [9.17, 15) is 4.39 Å². The summed E-state index contributed by atoms with van der Waals surface area (Å²) in [6.07, 6.45) is 1.45. The van der Waals surface area contributed by atoms with Crippen LogP contribution in [0, 0.1) is 12.7 Å². The molecule has 1 N–H and O–H groups in total. The van der Waals surface area contributed by atoms with Gasteiger partial charge in [-0.1, -0.05) is 6.07 Å². The van der Waals surface area contributed by atoms with Crippen LogP contribution in [0.2, 0.25) is 0 Å². The topological polar surface area (TPSA) is 50.9 Å². The molecule has 0 aliphatic carbocycles. The van der Waals surface area contributed by atoms with Gasteiger partial charge in [0.25, 0.3) is 0 Å². The third-order valence-electron chi connectivity index (χ3n) is 2.19. The largest absolute Gasteiger partial charge is 0.388 e. The first kappa shape index (κ1) is 9.79. The maximum absolute atomic E-state index is 13.1. The summed E-state index contributed by atoms with van der Waals surface area (Å²) in [7, 11) is 0. The zero-order chi connectivity index (χ0) is 10.8. The fraction of sp³-hybridized carbons (Fsp3) is 0.200. The molecule has 0 bridgehead atoms. The molecule has 0 spiro atoms. The molecule has 0 fully saturated rings. The van der Waals surface area contributed by atoms with Crippen LogP contribution in [-0.2, 0) is 6.61 Å². The van der Waals surface area contributed by atoms with Crippen molar-refractivity contribution in [1.29, 1.82) is 0 Å². The Kier molecular flexibility index (Phi) is 2.47. The van der Waals surface area contributed by atoms with Gasteiger partial charge in [-0.05, 0) is 24.6 Å². The summed E-state index contributed by atoms with van der Waals surface area (Å²) in [5, 5.41) is 16.4. The van der Waals surface area contributed by atoms with E-state index in [0.29, 0.717) is 11.5 Å². The normalized spacial score (nSPS) is 10.6. The van der Waals surface area contributed by atoms with E-state index in [4.69, 9.17) is 5.11 Å². The van der Waals surface area contributed by atoms with Crippen LogP contribution in [0.15, 0.2) is 24.5 Å². The zero-order valence-corrected chi connectivity index (χ0v) is 8.18. The van der Waals surface area contributed by atoms with Gasteiger partial charge in [-0.2, -0.15) is 0 Å². The van der Waals surface area contributed by atoms with Crippen LogP contribution >= 0.6 is 0 Å². The summed E-state index contributed by atoms with van der Waals surface area (Å²) < 4.78 is 14.6. The molecule has 2 aromatic rings. The Labute approximate surface area is 86.0 Å². The lowest BCUT2D eigenvalue weighted by Gasteiger charge is -2.08. The predicted octanol–water partition coefficient (Wildman–Crippen LogP) is 1.21. The SMILES string of the molecule is Cc1ccc(F)cc1-n1cnnc1CO. The monoisotopic (exact) mass is 207 g/mol. The summed E-state index contributed by atoms with van der Waals surface area (Å²) in [6.45, 7) is 1.63. The van der Waals surface area contributed by atoms with E-state index in [1.54, 1.807) is 10.6 Å². The van der Waals surface area contributed by atoms with Gasteiger partial charge in [0.15, 0.2) is 5.82 Å². The first-order valence-electron chi connectivity index (χ1n) is 4.48. The van der Waals surface area contributed by atoms with Crippen LogP contribution < -0.4 is 0 Å². The minimum Gasteiger partial charge on any atom is -0.388 e. The van der Waals surface area contributed by atoms with Crippen molar-refractivity contribution in [3.05, 3.63) is 41.7 Å². The van der Waals surface area contributed by atoms with Crippen LogP contribution in [-0.4, -0.2) is 19.9 Å². The van der Waals surface area contributed by atoms with E-state index in [-0.39, 0.29) is 12.4 Å². The zero-order valence-electron chi connectivity index (χ0n) is 8.18. The molecule has 15 heavy (non-hydrogen) atoms. The molecule has 1 heterocycles. The van der Waals surface area contributed by atoms with Gasteiger partial charge in [0, 0.05) is 0 Å². The molecule has 78 valence electrons. The maximum atomic E-state index is 13.1. The number of benzene rings is 1. The lowest BCUT2D eigenvalue weighted by atomic mass is 10.2. The first-order valence-corrected chi connectivity index (χ1v) is 4.48. The highest BCUT2D eigenvalue weighted by Gasteiger charge is 2.08. The molecule has 0 radical (unpaired) electrons. The van der Waals surface area contributed by atoms with Crippen LogP contribution in [0.25, 0.3) is 5.69 Å². The van der Waals surface area contributed by atoms with E-state index in [2.05, 4.69) is 10.2 Å². The van der Waals surface area contributed by atoms with Gasteiger partial charge in [-0.25, -0.2) is 4.39 Å². The molecule has 1 aromatic carbocycles. The highest BCUT2D eigenvalue weighted by atomic mass is 19.1. The average Bonchev–Trinajstić information content (AvgIpc) is 2.69. The number of hydrogen-bond donors (Lipinski definition) is 1. The predicted molar refractivity (Wildman–Crippen MR) is 52.0 cm³/mol. The Morgan fingerprint density at radius 3 is 3.00 bits per heavy atom. The van der Waals surface area contributed by atoms with Crippen molar-refractivity contribution < 1.29 is 9.50 Å². The number of halogens is 1. The maximum Gasteiger partial charge on any atom is 0.163 e. The molecule has 1 aromatic heterocycles. The molecular formula is C10H10FN3O. The molecule has 5 heteroatoms. The quantitative estimate of drug-likeness (QED) is 0.805. The van der Waals surface area contributed by atoms with Crippen molar-refractivity contribution in [2.45, 2.75) is 13.5 Å². The van der Waals surface area contributed by atoms with Crippen molar-refractivity contribution >= 4 is 0 Å². The molecule has 0 saturated carbocycles. The molecule has 0 atom stereocenters. The Balaban J connectivity index is 2.58. The number of nitrogens with zero attached hydrogens (tertiary/aromatic N) is 3. The second kappa shape index (κ2) is 3.78. The third kappa shape index (κ3) is 1.73. The standard InChI is InChI=1S/C10H10FN3O/c1-7-2-3-8(11)4-9(7)14-6-12-13-10(14)5-15/h2-4,6,15H,5H2,1H3. The number of aliphatic hydroxyl groups is 1. The second-order valence-corrected chi connectivity index (χ2v) is 3.21. The van der Waals surface area contributed by atoms with Gasteiger partial charge in [-0.15, -0.1) is 10.2 Å². The Morgan fingerprint density at radius 2 is 2.27 bits per heavy atom. The second-order valence-electron chi connectivity index (χ2n) is 3.21. The van der Waals surface area contributed by atoms with Crippen molar-refractivity contribution in [2.75, 3.05) is 0 Å². The Hall–Kier alpha value is -1.75. The van der Waals surface area contributed by atoms with Crippen LogP contribution in [0.1, 0.15) is 11.4 Å². The van der Waals surface area contributed by atoms with Crippen LogP contribution in [0.4, 0.5) is 4.39 Å². The Bertz CT molecular complexity index is 481. The summed E-state index contributed by atoms with van der Waals surface area (Å²) in [4.78, 5) is 0. The summed E-state index contributed by atoms with van der Waals surface area (Å²) in [6, 6.07) is 4.45. The molecule has 0 saturated heterocycles. The van der Waals surface area contributed by atoms with E-state index in [1.807, 2.05) is 6.92 Å². The third-order valence-corrected chi connectivity index (χ3v) is 2.19. The molecule has 2 rings (SSSR count). The van der Waals surface area contributed by atoms with Crippen molar-refractivity contribution in [3.8, 4) is 5.69 Å². The van der Waals surface area contributed by atoms with Gasteiger partial charge in [0.05, 0.1) is 5.69 Å². The van der Waals surface area contributed by atoms with E-state index in [1.165, 1.54) is 18.5 Å². The lowest BCUT2D eigenvalue weighted by Crippen LogP contribution is -2.02. The van der Waals surface area contributed by atoms with Gasteiger partial charge >= 0.3 is 0 Å². The highest BCUT2D eigenvalue weighted by molar-refractivity contribution is 5.41. The molecule has 0 unspecified atom stereocenters. The summed E-state index contributed by atoms with van der Waals surface area (Å²) in [5.74, 6) is 0.0666. The molecular weight excluding hydrogens is 197 g/mol. The van der Waals surface area contributed by atoms with Crippen molar-refractivity contribution in [1.82, 2.24) is 14.8 Å². The minimum atomic E-state index is -0.326. The van der Waals surface area contributed by atoms with Crippen LogP contribution in [0.3, 0.4) is 0 Å². The molecule has 0 amide bonds. The van der Waals surface area contributed by atoms with Gasteiger partial charge in [0.2, 0.25) is 0 Å². The minimum absolute atomic E-state index is 0.226. The number of rotatable bonds is 2. The van der Waals surface area contributed by atoms with E-state index < -0.39 is 0 Å². The van der Waals surface area contributed by atoms with Crippen LogP contribution in [0.5, 0.6) is 0 Å². The average molecular weight is 207 g/mol. The highest BCUT2D eigenvalue weighted by Crippen LogP contribution is 2.16. The summed E-state index contributed by atoms with van der Waals surface area (Å²) in [5.41, 5.74) is 1.54. The first-order chi connectivity index (χ1) is 7.22. The van der Waals surface area contributed by atoms with Gasteiger partial charge in [0.1, 0.15) is 18.8 Å². The molecule has 0 aliphatic rings. The fourth-order valence-electron chi connectivity index (χ4n) is 1.41. The lowest BCUT2D eigenvalue weighted by molar-refractivity contribution is 0.269. The van der Waals surface area contributed by atoms with Crippen molar-refractivity contribution in [2.24, 2.45) is 0 Å². The van der Waals surface area contributed by atoms with Gasteiger partial charge < -0.3 is 5.11 Å². The summed E-state index contributed by atoms with van der Waals surface area (Å²) >= 11 is 0. The number of aromatic nitrogens is 3. The van der Waals surface area contributed by atoms with Gasteiger partial charge in [-0.3, -0.25) is 4.57 Å². The van der Waals surface area contributed by atoms with E-state index in [0.717, 1.165) is 5.56 Å². The number of aryl methyl sites for hydroxylation is 1. The van der Waals surface area contributed by atoms with Crippen molar-refractivity contribution in [3.63, 3.8) is 0 Å². The Morgan fingerprint density at radius 1 is 1.47 bits per heavy atom. The number of hydrogen-bond acceptors (Lipinski definition) is 3. The molecule has 0 aliphatic heterocycles. The fourth-order valence-corrected chi connectivity index (χ4v) is 1.41. The number of aliphatic hydroxyl groups excluding tert-OH is 1. The molecule has 4 nitrogen and oxygen atoms in total. The smallest absolute Gasteiger partial charge is 0.163 e. The van der Waals surface area contributed by atoms with E-state index >= 15 is 0 Å².